The first-order chi connectivity index (χ1) is 63.2. The fourth-order valence-corrected chi connectivity index (χ4v) is 16.7. The van der Waals surface area contributed by atoms with Crippen molar-refractivity contribution in [1.82, 2.24) is 0 Å². The predicted molar refractivity (Wildman–Crippen MR) is 578 cm³/mol. The standard InChI is InChI=1S/5C20H20.C17H17N.C14H15F/c1-20(2,3)17-13-11-16(12-14-17)19-10-6-8-15-7-4-5-9-18(15)19;1-20(2,3)19-10-6-9-17(14-19)18-12-11-15-7-4-5-8-16(15)13-18;1-20(2,3)19-14-13-16(15-9-5-4-6-10-15)17-11-7-8-12-18(17)19;1-20(2,3)19-12-10-16(11-13-19)18-9-8-15-6-4-5-7-17(15)14-18;1-20(2,3)19-12-11-17-13-16(9-10-18(17)14-19)15-7-5-4-6-8-15;1-17(2,3)15-9-10-16(14(11-15)12-18)13-7-5-4-6-8-13;1-14(2,3)12-6-4-11-9-13(15)7-5-10(11)8-12/h5*4-14H,1-3H3;4-11H,1-3H3;4-9H,1-3H3. The summed E-state index contributed by atoms with van der Waals surface area (Å²) in [6.07, 6.45) is 0. The van der Waals surface area contributed by atoms with Gasteiger partial charge in [-0.05, 0) is 245 Å². The lowest BCUT2D eigenvalue weighted by atomic mass is 9.82. The molecule has 133 heavy (non-hydrogen) atoms. The highest BCUT2D eigenvalue weighted by atomic mass is 19.1. The Morgan fingerprint density at radius 1 is 0.173 bits per heavy atom. The Balaban J connectivity index is 0.000000132. The van der Waals surface area contributed by atoms with Crippen LogP contribution >= 0.6 is 0 Å². The fraction of sp³-hybridized carbons (Fsp3) is 0.214. The molecular weight excluding hydrogens is 1610 g/mol. The van der Waals surface area contributed by atoms with E-state index in [1.165, 1.54) is 155 Å². The highest BCUT2D eigenvalue weighted by molar-refractivity contribution is 6.00. The van der Waals surface area contributed by atoms with Crippen molar-refractivity contribution in [3.05, 3.63) is 469 Å². The average Bonchev–Trinajstić information content (AvgIpc) is 0.767. The molecule has 19 aromatic rings. The Bertz CT molecular complexity index is 7170. The molecule has 668 valence electrons. The van der Waals surface area contributed by atoms with Gasteiger partial charge in [-0.1, -0.05) is 528 Å². The van der Waals surface area contributed by atoms with Crippen molar-refractivity contribution in [3.63, 3.8) is 0 Å². The quantitative estimate of drug-likeness (QED) is 0.163. The maximum atomic E-state index is 13.0. The summed E-state index contributed by atoms with van der Waals surface area (Å²) in [6.45, 7) is 46.9. The first kappa shape index (κ1) is 96.7. The summed E-state index contributed by atoms with van der Waals surface area (Å²) in [5.41, 5.74) is 26.3. The van der Waals surface area contributed by atoms with Crippen LogP contribution in [0, 0.1) is 17.1 Å². The molecule has 0 aliphatic carbocycles. The van der Waals surface area contributed by atoms with Crippen molar-refractivity contribution in [3.8, 4) is 72.8 Å². The van der Waals surface area contributed by atoms with Crippen LogP contribution in [0.15, 0.2) is 419 Å². The fourth-order valence-electron chi connectivity index (χ4n) is 16.7. The van der Waals surface area contributed by atoms with Crippen LogP contribution in [0.1, 0.15) is 190 Å². The third-order valence-electron chi connectivity index (χ3n) is 24.9. The van der Waals surface area contributed by atoms with Crippen LogP contribution in [0.3, 0.4) is 0 Å². The van der Waals surface area contributed by atoms with E-state index in [1.54, 1.807) is 6.07 Å². The van der Waals surface area contributed by atoms with Gasteiger partial charge >= 0.3 is 0 Å². The Kier molecular flexibility index (Phi) is 30.3. The molecule has 0 atom stereocenters. The molecule has 0 aliphatic heterocycles. The van der Waals surface area contributed by atoms with Gasteiger partial charge in [-0.25, -0.2) is 4.39 Å². The molecule has 0 amide bonds. The van der Waals surface area contributed by atoms with Gasteiger partial charge < -0.3 is 0 Å². The highest BCUT2D eigenvalue weighted by Crippen LogP contribution is 2.40. The van der Waals surface area contributed by atoms with Crippen LogP contribution in [0.2, 0.25) is 0 Å². The number of nitrogens with zero attached hydrogens (tertiary/aromatic N) is 1. The van der Waals surface area contributed by atoms with Crippen molar-refractivity contribution >= 4 is 64.6 Å². The molecule has 0 saturated heterocycles. The van der Waals surface area contributed by atoms with Crippen LogP contribution in [-0.2, 0) is 37.9 Å². The summed E-state index contributed by atoms with van der Waals surface area (Å²) >= 11 is 0. The molecule has 2 heteroatoms. The van der Waals surface area contributed by atoms with Crippen molar-refractivity contribution in [1.29, 1.82) is 5.26 Å². The Labute approximate surface area is 793 Å². The van der Waals surface area contributed by atoms with Crippen LogP contribution < -0.4 is 0 Å². The topological polar surface area (TPSA) is 23.8 Å². The van der Waals surface area contributed by atoms with Crippen molar-refractivity contribution in [2.45, 2.75) is 183 Å². The zero-order valence-corrected chi connectivity index (χ0v) is 82.2. The number of hydrogen-bond donors (Lipinski definition) is 0. The smallest absolute Gasteiger partial charge is 0.123 e. The average molecular weight is 1740 g/mol. The zero-order chi connectivity index (χ0) is 95.1. The lowest BCUT2D eigenvalue weighted by Gasteiger charge is -2.22. The normalized spacial score (nSPS) is 11.7. The van der Waals surface area contributed by atoms with Crippen LogP contribution in [0.4, 0.5) is 4.39 Å². The molecular formula is C131H132FN. The van der Waals surface area contributed by atoms with E-state index < -0.39 is 0 Å². The second-order valence-electron chi connectivity index (χ2n) is 42.3. The van der Waals surface area contributed by atoms with E-state index in [-0.39, 0.29) is 43.7 Å². The summed E-state index contributed by atoms with van der Waals surface area (Å²) < 4.78 is 13.0. The van der Waals surface area contributed by atoms with Gasteiger partial charge in [0.15, 0.2) is 0 Å². The molecule has 1 nitrogen and oxygen atoms in total. The summed E-state index contributed by atoms with van der Waals surface area (Å²) in [5, 5.41) is 24.5. The first-order valence-corrected chi connectivity index (χ1v) is 47.0. The summed E-state index contributed by atoms with van der Waals surface area (Å²) in [6, 6.07) is 150. The van der Waals surface area contributed by atoms with E-state index in [0.717, 1.165) is 27.5 Å². The summed E-state index contributed by atoms with van der Waals surface area (Å²) in [4.78, 5) is 0. The molecule has 0 N–H and O–H groups in total. The van der Waals surface area contributed by atoms with Gasteiger partial charge in [-0.15, -0.1) is 0 Å². The molecule has 0 fully saturated rings. The molecule has 0 radical (unpaired) electrons. The van der Waals surface area contributed by atoms with E-state index in [2.05, 4.69) is 509 Å². The van der Waals surface area contributed by atoms with Crippen LogP contribution in [-0.4, -0.2) is 0 Å². The summed E-state index contributed by atoms with van der Waals surface area (Å²) in [7, 11) is 0. The van der Waals surface area contributed by atoms with Crippen LogP contribution in [0.5, 0.6) is 0 Å². The molecule has 19 aromatic carbocycles. The number of fused-ring (bicyclic) bond motifs is 6. The second kappa shape index (κ2) is 41.7. The molecule has 0 aliphatic rings. The van der Waals surface area contributed by atoms with E-state index in [9.17, 15) is 9.65 Å². The largest absolute Gasteiger partial charge is 0.207 e. The minimum Gasteiger partial charge on any atom is -0.207 e. The predicted octanol–water partition coefficient (Wildman–Crippen LogP) is 37.8. The number of benzene rings is 19. The van der Waals surface area contributed by atoms with Crippen LogP contribution in [0.25, 0.3) is 131 Å². The molecule has 0 saturated carbocycles. The highest BCUT2D eigenvalue weighted by Gasteiger charge is 2.23. The number of hydrogen-bond acceptors (Lipinski definition) is 1. The first-order valence-electron chi connectivity index (χ1n) is 47.0. The SMILES string of the molecule is CC(C)(C)c1ccc(-c2ccc3ccccc3c2)cc1.CC(C)(C)c1ccc(-c2cccc3ccccc23)cc1.CC(C)(C)c1ccc(-c2ccccc2)c(C#N)c1.CC(C)(C)c1ccc(-c2ccccc2)c2ccccc12.CC(C)(C)c1ccc2cc(-c3ccccc3)ccc2c1.CC(C)(C)c1ccc2cc(F)ccc2c1.CC(C)(C)c1cccc(-c2ccc3ccccc3c2)c1. The number of rotatable bonds is 6. The number of halogens is 1. The van der Waals surface area contributed by atoms with Crippen molar-refractivity contribution in [2.75, 3.05) is 0 Å². The molecule has 0 unspecified atom stereocenters. The third-order valence-corrected chi connectivity index (χ3v) is 24.9. The van der Waals surface area contributed by atoms with Gasteiger partial charge in [-0.2, -0.15) is 5.26 Å². The van der Waals surface area contributed by atoms with Gasteiger partial charge in [0, 0.05) is 0 Å². The van der Waals surface area contributed by atoms with E-state index >= 15 is 0 Å². The molecule has 0 heterocycles. The van der Waals surface area contributed by atoms with Gasteiger partial charge in [0.1, 0.15) is 5.82 Å². The molecule has 0 bridgehead atoms. The maximum Gasteiger partial charge on any atom is 0.123 e. The van der Waals surface area contributed by atoms with E-state index in [4.69, 9.17) is 0 Å². The lowest BCUT2D eigenvalue weighted by molar-refractivity contribution is 0.590. The lowest BCUT2D eigenvalue weighted by Crippen LogP contribution is -2.11. The monoisotopic (exact) mass is 1740 g/mol. The van der Waals surface area contributed by atoms with Gasteiger partial charge in [0.05, 0.1) is 11.6 Å². The Morgan fingerprint density at radius 2 is 0.459 bits per heavy atom. The molecule has 0 aromatic heterocycles. The van der Waals surface area contributed by atoms with Crippen molar-refractivity contribution in [2.24, 2.45) is 0 Å². The minimum absolute atomic E-state index is 0.0703. The second-order valence-corrected chi connectivity index (χ2v) is 42.3. The maximum absolute atomic E-state index is 13.0. The van der Waals surface area contributed by atoms with Gasteiger partial charge in [0.2, 0.25) is 0 Å². The van der Waals surface area contributed by atoms with Gasteiger partial charge in [-0.3, -0.25) is 0 Å². The minimum atomic E-state index is -0.175. The van der Waals surface area contributed by atoms with E-state index in [1.807, 2.05) is 48.5 Å². The third kappa shape index (κ3) is 25.5. The Hall–Kier alpha value is -13.8. The zero-order valence-electron chi connectivity index (χ0n) is 82.2. The Morgan fingerprint density at radius 3 is 0.940 bits per heavy atom. The van der Waals surface area contributed by atoms with E-state index in [0.29, 0.717) is 0 Å². The number of nitriles is 1. The molecule has 19 rings (SSSR count). The molecule has 0 spiro atoms. The van der Waals surface area contributed by atoms with Crippen molar-refractivity contribution < 1.29 is 4.39 Å². The summed E-state index contributed by atoms with van der Waals surface area (Å²) in [5.74, 6) is -0.175. The van der Waals surface area contributed by atoms with Gasteiger partial charge in [0.25, 0.3) is 0 Å².